The monoisotopic (exact) mass is 295 g/mol. The second-order valence-corrected chi connectivity index (χ2v) is 5.00. The number of aliphatic carboxylic acids is 1. The molecule has 1 rings (SSSR count). The van der Waals surface area contributed by atoms with Crippen molar-refractivity contribution in [3.63, 3.8) is 0 Å². The molecule has 21 heavy (non-hydrogen) atoms. The molecule has 0 saturated heterocycles. The average molecular weight is 295 g/mol. The van der Waals surface area contributed by atoms with Crippen molar-refractivity contribution in [3.05, 3.63) is 35.9 Å². The third-order valence-electron chi connectivity index (χ3n) is 2.89. The summed E-state index contributed by atoms with van der Waals surface area (Å²) in [5, 5.41) is 20.5. The first-order valence-electron chi connectivity index (χ1n) is 6.76. The molecular formula is C15H21NO5. The maximum Gasteiger partial charge on any atom is 0.337 e. The molecule has 3 N–H and O–H groups in total. The van der Waals surface area contributed by atoms with E-state index in [9.17, 15) is 14.7 Å². The summed E-state index contributed by atoms with van der Waals surface area (Å²) in [6.07, 6.45) is 0.762. The van der Waals surface area contributed by atoms with E-state index >= 15 is 0 Å². The minimum absolute atomic E-state index is 0.227. The Labute approximate surface area is 123 Å². The minimum Gasteiger partial charge on any atom is -0.479 e. The van der Waals surface area contributed by atoms with Gasteiger partial charge in [0.2, 0.25) is 5.91 Å². The van der Waals surface area contributed by atoms with Gasteiger partial charge in [0.05, 0.1) is 13.2 Å². The summed E-state index contributed by atoms with van der Waals surface area (Å²) >= 11 is 0. The first-order chi connectivity index (χ1) is 9.92. The number of nitrogens with one attached hydrogen (secondary N) is 1. The van der Waals surface area contributed by atoms with E-state index < -0.39 is 11.6 Å². The Balaban J connectivity index is 2.10. The van der Waals surface area contributed by atoms with Crippen molar-refractivity contribution >= 4 is 11.9 Å². The van der Waals surface area contributed by atoms with Gasteiger partial charge in [-0.05, 0) is 18.9 Å². The summed E-state index contributed by atoms with van der Waals surface area (Å²) in [5.74, 6) is -1.67. The molecule has 0 aliphatic carbocycles. The number of rotatable bonds is 9. The number of benzene rings is 1. The summed E-state index contributed by atoms with van der Waals surface area (Å²) in [7, 11) is 0. The maximum absolute atomic E-state index is 11.5. The lowest BCUT2D eigenvalue weighted by Crippen LogP contribution is -2.46. The predicted octanol–water partition coefficient (Wildman–Crippen LogP) is 0.935. The molecule has 0 radical (unpaired) electrons. The van der Waals surface area contributed by atoms with E-state index in [1.54, 1.807) is 0 Å². The highest BCUT2D eigenvalue weighted by atomic mass is 16.5. The van der Waals surface area contributed by atoms with Gasteiger partial charge in [0.25, 0.3) is 0 Å². The molecule has 0 fully saturated rings. The predicted molar refractivity (Wildman–Crippen MR) is 76.6 cm³/mol. The SMILES string of the molecule is CC(O)(CNC(=O)CCCOCc1ccccc1)C(=O)O. The maximum atomic E-state index is 11.5. The molecule has 1 atom stereocenters. The quantitative estimate of drug-likeness (QED) is 0.589. The van der Waals surface area contributed by atoms with Crippen LogP contribution in [0.2, 0.25) is 0 Å². The van der Waals surface area contributed by atoms with E-state index in [1.165, 1.54) is 0 Å². The molecule has 0 bridgehead atoms. The third-order valence-corrected chi connectivity index (χ3v) is 2.89. The lowest BCUT2D eigenvalue weighted by molar-refractivity contribution is -0.156. The molecule has 0 heterocycles. The number of carbonyl (C=O) groups is 2. The zero-order valence-corrected chi connectivity index (χ0v) is 12.0. The van der Waals surface area contributed by atoms with Crippen molar-refractivity contribution in [3.8, 4) is 0 Å². The number of hydrogen-bond donors (Lipinski definition) is 3. The summed E-state index contributed by atoms with van der Waals surface area (Å²) in [6, 6.07) is 9.71. The van der Waals surface area contributed by atoms with Crippen LogP contribution < -0.4 is 5.32 Å². The largest absolute Gasteiger partial charge is 0.479 e. The van der Waals surface area contributed by atoms with Crippen molar-refractivity contribution in [2.75, 3.05) is 13.2 Å². The summed E-state index contributed by atoms with van der Waals surface area (Å²) < 4.78 is 5.43. The first kappa shape index (κ1) is 17.1. The average Bonchev–Trinajstić information content (AvgIpc) is 2.46. The zero-order valence-electron chi connectivity index (χ0n) is 12.0. The lowest BCUT2D eigenvalue weighted by Gasteiger charge is -2.18. The first-order valence-corrected chi connectivity index (χ1v) is 6.76. The molecule has 0 aliphatic rings. The smallest absolute Gasteiger partial charge is 0.337 e. The van der Waals surface area contributed by atoms with E-state index in [1.807, 2.05) is 30.3 Å². The Kier molecular flexibility index (Phi) is 6.84. The lowest BCUT2D eigenvalue weighted by atomic mass is 10.1. The molecule has 0 aliphatic heterocycles. The van der Waals surface area contributed by atoms with Gasteiger partial charge in [-0.3, -0.25) is 4.79 Å². The van der Waals surface area contributed by atoms with E-state index in [0.29, 0.717) is 19.6 Å². The second kappa shape index (κ2) is 8.39. The fraction of sp³-hybridized carbons (Fsp3) is 0.467. The minimum atomic E-state index is -1.94. The van der Waals surface area contributed by atoms with E-state index in [2.05, 4.69) is 5.32 Å². The van der Waals surface area contributed by atoms with Crippen molar-refractivity contribution in [1.82, 2.24) is 5.32 Å². The number of hydrogen-bond acceptors (Lipinski definition) is 4. The Morgan fingerprint density at radius 2 is 1.95 bits per heavy atom. The highest BCUT2D eigenvalue weighted by Crippen LogP contribution is 2.03. The van der Waals surface area contributed by atoms with Crippen molar-refractivity contribution in [1.29, 1.82) is 0 Å². The van der Waals surface area contributed by atoms with Crippen LogP contribution in [0.25, 0.3) is 0 Å². The summed E-state index contributed by atoms with van der Waals surface area (Å²) in [4.78, 5) is 22.1. The standard InChI is InChI=1S/C15H21NO5/c1-15(20,14(18)19)11-16-13(17)8-5-9-21-10-12-6-3-2-4-7-12/h2-4,6-7,20H,5,8-11H2,1H3,(H,16,17)(H,18,19). The number of carbonyl (C=O) groups excluding carboxylic acids is 1. The van der Waals surface area contributed by atoms with Crippen LogP contribution in [0.1, 0.15) is 25.3 Å². The normalized spacial score (nSPS) is 13.4. The number of carboxylic acids is 1. The van der Waals surface area contributed by atoms with Crippen LogP contribution in [0.15, 0.2) is 30.3 Å². The van der Waals surface area contributed by atoms with Gasteiger partial charge in [0.15, 0.2) is 5.60 Å². The molecule has 1 amide bonds. The van der Waals surface area contributed by atoms with Gasteiger partial charge in [-0.1, -0.05) is 30.3 Å². The molecule has 0 saturated carbocycles. The van der Waals surface area contributed by atoms with Gasteiger partial charge in [0, 0.05) is 13.0 Å². The van der Waals surface area contributed by atoms with E-state index in [0.717, 1.165) is 12.5 Å². The van der Waals surface area contributed by atoms with Gasteiger partial charge in [0.1, 0.15) is 0 Å². The van der Waals surface area contributed by atoms with Gasteiger partial charge >= 0.3 is 5.97 Å². The van der Waals surface area contributed by atoms with Gasteiger partial charge in [-0.25, -0.2) is 4.79 Å². The topological polar surface area (TPSA) is 95.9 Å². The Morgan fingerprint density at radius 1 is 1.29 bits per heavy atom. The van der Waals surface area contributed by atoms with Crippen LogP contribution in [0.3, 0.4) is 0 Å². The molecule has 0 spiro atoms. The van der Waals surface area contributed by atoms with Gasteiger partial charge in [-0.15, -0.1) is 0 Å². The zero-order chi connectivity index (χ0) is 15.7. The summed E-state index contributed by atoms with van der Waals surface area (Å²) in [6.45, 7) is 1.76. The van der Waals surface area contributed by atoms with Gasteiger partial charge in [-0.2, -0.15) is 0 Å². The molecular weight excluding hydrogens is 274 g/mol. The molecule has 0 aromatic heterocycles. The Hall–Kier alpha value is -1.92. The third kappa shape index (κ3) is 6.87. The number of aliphatic hydroxyl groups is 1. The molecule has 6 nitrogen and oxygen atoms in total. The fourth-order valence-corrected chi connectivity index (χ4v) is 1.53. The summed E-state index contributed by atoms with van der Waals surface area (Å²) in [5.41, 5.74) is -0.876. The van der Waals surface area contributed by atoms with Crippen LogP contribution in [-0.2, 0) is 20.9 Å². The van der Waals surface area contributed by atoms with Crippen LogP contribution in [0.5, 0.6) is 0 Å². The Morgan fingerprint density at radius 3 is 2.57 bits per heavy atom. The highest BCUT2D eigenvalue weighted by Gasteiger charge is 2.30. The van der Waals surface area contributed by atoms with Crippen LogP contribution in [0.4, 0.5) is 0 Å². The van der Waals surface area contributed by atoms with Crippen molar-refractivity contribution in [2.45, 2.75) is 32.0 Å². The van der Waals surface area contributed by atoms with Crippen molar-refractivity contribution < 1.29 is 24.5 Å². The van der Waals surface area contributed by atoms with E-state index in [-0.39, 0.29) is 18.9 Å². The van der Waals surface area contributed by atoms with Crippen LogP contribution in [-0.4, -0.2) is 40.8 Å². The van der Waals surface area contributed by atoms with Crippen molar-refractivity contribution in [2.24, 2.45) is 0 Å². The second-order valence-electron chi connectivity index (χ2n) is 5.00. The van der Waals surface area contributed by atoms with Crippen LogP contribution >= 0.6 is 0 Å². The molecule has 1 unspecified atom stereocenters. The number of amides is 1. The van der Waals surface area contributed by atoms with E-state index in [4.69, 9.17) is 9.84 Å². The molecule has 1 aromatic rings. The molecule has 6 heteroatoms. The molecule has 1 aromatic carbocycles. The Bertz CT molecular complexity index is 458. The molecule has 116 valence electrons. The highest BCUT2D eigenvalue weighted by molar-refractivity contribution is 5.80. The number of ether oxygens (including phenoxy) is 1. The number of carboxylic acid groups (broad SMARTS) is 1. The van der Waals surface area contributed by atoms with Crippen LogP contribution in [0, 0.1) is 0 Å². The van der Waals surface area contributed by atoms with Gasteiger partial charge < -0.3 is 20.3 Å². The fourth-order valence-electron chi connectivity index (χ4n) is 1.53.